The minimum absolute atomic E-state index is 0.240. The third kappa shape index (κ3) is 5.84. The summed E-state index contributed by atoms with van der Waals surface area (Å²) in [6.45, 7) is 6.82. The van der Waals surface area contributed by atoms with Crippen molar-refractivity contribution >= 4 is 11.9 Å². The van der Waals surface area contributed by atoms with Crippen LogP contribution in [0.2, 0.25) is 0 Å². The Morgan fingerprint density at radius 1 is 1.11 bits per heavy atom. The van der Waals surface area contributed by atoms with Crippen LogP contribution in [0.1, 0.15) is 58.3 Å². The highest BCUT2D eigenvalue weighted by Gasteiger charge is 2.42. The van der Waals surface area contributed by atoms with Crippen LogP contribution < -0.4 is 10.6 Å². The number of rotatable bonds is 10. The second-order valence-electron chi connectivity index (χ2n) is 8.98. The summed E-state index contributed by atoms with van der Waals surface area (Å²) >= 11 is 0. The minimum Gasteiger partial charge on any atom is -0.357 e. The molecule has 3 saturated carbocycles. The molecule has 3 aliphatic rings. The summed E-state index contributed by atoms with van der Waals surface area (Å²) in [7, 11) is 3.73. The summed E-state index contributed by atoms with van der Waals surface area (Å²) < 4.78 is 0. The van der Waals surface area contributed by atoms with Crippen LogP contribution in [0, 0.1) is 11.3 Å². The fourth-order valence-corrected chi connectivity index (χ4v) is 4.35. The lowest BCUT2D eigenvalue weighted by Crippen LogP contribution is -2.44. The van der Waals surface area contributed by atoms with Crippen LogP contribution in [0.15, 0.2) is 4.99 Å². The van der Waals surface area contributed by atoms with Crippen molar-refractivity contribution in [1.82, 2.24) is 20.4 Å². The summed E-state index contributed by atoms with van der Waals surface area (Å²) in [5, 5.41) is 6.87. The van der Waals surface area contributed by atoms with Crippen molar-refractivity contribution in [3.05, 3.63) is 0 Å². The van der Waals surface area contributed by atoms with Crippen LogP contribution in [0.4, 0.5) is 0 Å². The summed E-state index contributed by atoms with van der Waals surface area (Å²) in [4.78, 5) is 22.0. The van der Waals surface area contributed by atoms with Gasteiger partial charge >= 0.3 is 0 Å². The van der Waals surface area contributed by atoms with Crippen molar-refractivity contribution in [2.24, 2.45) is 16.3 Å². The van der Waals surface area contributed by atoms with E-state index in [1.54, 1.807) is 4.90 Å². The highest BCUT2D eigenvalue weighted by molar-refractivity contribution is 5.84. The number of hydrogen-bond donors (Lipinski definition) is 2. The van der Waals surface area contributed by atoms with E-state index in [-0.39, 0.29) is 11.3 Å². The number of nitrogens with one attached hydrogen (secondary N) is 2. The third-order valence-corrected chi connectivity index (χ3v) is 6.25. The Balaban J connectivity index is 1.52. The van der Waals surface area contributed by atoms with Gasteiger partial charge in [-0.25, -0.2) is 0 Å². The first kappa shape index (κ1) is 20.4. The lowest BCUT2D eigenvalue weighted by atomic mass is 9.85. The zero-order valence-corrected chi connectivity index (χ0v) is 17.6. The molecule has 154 valence electrons. The van der Waals surface area contributed by atoms with Gasteiger partial charge in [0.15, 0.2) is 5.96 Å². The maximum Gasteiger partial charge on any atom is 0.230 e. The Hall–Kier alpha value is -1.30. The van der Waals surface area contributed by atoms with Crippen molar-refractivity contribution in [2.45, 2.75) is 64.3 Å². The van der Waals surface area contributed by atoms with E-state index < -0.39 is 0 Å². The smallest absolute Gasteiger partial charge is 0.230 e. The molecular weight excluding hydrogens is 338 g/mol. The lowest BCUT2D eigenvalue weighted by molar-refractivity contribution is -0.138. The van der Waals surface area contributed by atoms with Crippen LogP contribution in [-0.2, 0) is 4.79 Å². The van der Waals surface area contributed by atoms with Crippen LogP contribution in [0.25, 0.3) is 0 Å². The number of hydrogen-bond acceptors (Lipinski definition) is 3. The number of nitrogens with zero attached hydrogens (tertiary/aromatic N) is 3. The lowest BCUT2D eigenvalue weighted by Gasteiger charge is -2.29. The molecule has 0 heterocycles. The molecule has 0 radical (unpaired) electrons. The van der Waals surface area contributed by atoms with Crippen molar-refractivity contribution in [3.63, 3.8) is 0 Å². The van der Waals surface area contributed by atoms with Gasteiger partial charge in [0.1, 0.15) is 0 Å². The molecule has 3 aliphatic carbocycles. The predicted octanol–water partition coefficient (Wildman–Crippen LogP) is 2.06. The van der Waals surface area contributed by atoms with Crippen LogP contribution in [-0.4, -0.2) is 74.5 Å². The quantitative estimate of drug-likeness (QED) is 0.452. The first-order chi connectivity index (χ1) is 13.0. The predicted molar refractivity (Wildman–Crippen MR) is 111 cm³/mol. The van der Waals surface area contributed by atoms with E-state index in [1.165, 1.54) is 32.2 Å². The van der Waals surface area contributed by atoms with E-state index in [2.05, 4.69) is 22.5 Å². The van der Waals surface area contributed by atoms with E-state index >= 15 is 0 Å². The standard InChI is InChI=1S/C21H39N5O/c1-4-22-20(23-13-14-26(18-9-10-18)15-17-7-8-17)24-16-21(11-5-6-12-21)19(27)25(2)3/h17-18H,4-16H2,1-3H3,(H2,22,23,24). The number of carbonyl (C=O) groups excluding carboxylic acids is 1. The molecule has 27 heavy (non-hydrogen) atoms. The molecule has 1 amide bonds. The summed E-state index contributed by atoms with van der Waals surface area (Å²) in [5.74, 6) is 2.05. The molecule has 0 atom stereocenters. The van der Waals surface area contributed by atoms with Gasteiger partial charge in [0.05, 0.1) is 12.0 Å². The third-order valence-electron chi connectivity index (χ3n) is 6.25. The van der Waals surface area contributed by atoms with Crippen molar-refractivity contribution in [1.29, 1.82) is 0 Å². The van der Waals surface area contributed by atoms with E-state index in [9.17, 15) is 4.79 Å². The zero-order chi connectivity index (χ0) is 19.3. The van der Waals surface area contributed by atoms with Gasteiger partial charge in [0, 0.05) is 46.3 Å². The number of amides is 1. The van der Waals surface area contributed by atoms with Gasteiger partial charge in [-0.2, -0.15) is 0 Å². The Bertz CT molecular complexity index is 519. The van der Waals surface area contributed by atoms with Gasteiger partial charge in [-0.1, -0.05) is 12.8 Å². The number of carbonyl (C=O) groups is 1. The molecule has 6 heteroatoms. The molecule has 0 aromatic heterocycles. The molecule has 0 saturated heterocycles. The molecule has 0 spiro atoms. The number of aliphatic imine (C=N–C) groups is 1. The van der Waals surface area contributed by atoms with Crippen molar-refractivity contribution in [2.75, 3.05) is 46.8 Å². The normalized spacial score (nSPS) is 22.1. The highest BCUT2D eigenvalue weighted by atomic mass is 16.2. The Morgan fingerprint density at radius 2 is 1.81 bits per heavy atom. The SMILES string of the molecule is CCNC(=NCC1(C(=O)N(C)C)CCCC1)NCCN(CC1CC1)C1CC1. The molecule has 2 N–H and O–H groups in total. The second-order valence-corrected chi connectivity index (χ2v) is 8.98. The molecule has 3 fully saturated rings. The van der Waals surface area contributed by atoms with E-state index in [0.29, 0.717) is 6.54 Å². The monoisotopic (exact) mass is 377 g/mol. The average molecular weight is 378 g/mol. The average Bonchev–Trinajstić information content (AvgIpc) is 3.57. The minimum atomic E-state index is -0.294. The molecular formula is C21H39N5O. The Labute approximate surface area is 165 Å². The first-order valence-electron chi connectivity index (χ1n) is 11.0. The van der Waals surface area contributed by atoms with E-state index in [4.69, 9.17) is 4.99 Å². The van der Waals surface area contributed by atoms with Gasteiger partial charge in [-0.15, -0.1) is 0 Å². The molecule has 0 bridgehead atoms. The van der Waals surface area contributed by atoms with Crippen LogP contribution >= 0.6 is 0 Å². The van der Waals surface area contributed by atoms with Crippen molar-refractivity contribution in [3.8, 4) is 0 Å². The van der Waals surface area contributed by atoms with E-state index in [0.717, 1.165) is 63.2 Å². The molecule has 6 nitrogen and oxygen atoms in total. The van der Waals surface area contributed by atoms with Gasteiger partial charge in [0.25, 0.3) is 0 Å². The molecule has 0 unspecified atom stereocenters. The second kappa shape index (κ2) is 9.26. The largest absolute Gasteiger partial charge is 0.357 e. The maximum absolute atomic E-state index is 12.7. The fourth-order valence-electron chi connectivity index (χ4n) is 4.35. The highest BCUT2D eigenvalue weighted by Crippen LogP contribution is 2.39. The van der Waals surface area contributed by atoms with Gasteiger partial charge in [-0.3, -0.25) is 14.7 Å². The fraction of sp³-hybridized carbons (Fsp3) is 0.905. The molecule has 0 aromatic rings. The summed E-state index contributed by atoms with van der Waals surface area (Å²) in [5.41, 5.74) is -0.294. The topological polar surface area (TPSA) is 60.0 Å². The van der Waals surface area contributed by atoms with Crippen molar-refractivity contribution < 1.29 is 4.79 Å². The van der Waals surface area contributed by atoms with Gasteiger partial charge in [-0.05, 0) is 51.4 Å². The van der Waals surface area contributed by atoms with Gasteiger partial charge < -0.3 is 15.5 Å². The van der Waals surface area contributed by atoms with Crippen LogP contribution in [0.5, 0.6) is 0 Å². The first-order valence-corrected chi connectivity index (χ1v) is 11.0. The zero-order valence-electron chi connectivity index (χ0n) is 17.6. The Kier molecular flexibility index (Phi) is 7.01. The van der Waals surface area contributed by atoms with Crippen LogP contribution in [0.3, 0.4) is 0 Å². The summed E-state index contributed by atoms with van der Waals surface area (Å²) in [6, 6.07) is 0.825. The summed E-state index contributed by atoms with van der Waals surface area (Å²) in [6.07, 6.45) is 9.78. The van der Waals surface area contributed by atoms with E-state index in [1.807, 2.05) is 14.1 Å². The maximum atomic E-state index is 12.7. The Morgan fingerprint density at radius 3 is 2.37 bits per heavy atom. The number of guanidine groups is 1. The molecule has 0 aromatic carbocycles. The molecule has 3 rings (SSSR count). The van der Waals surface area contributed by atoms with Gasteiger partial charge in [0.2, 0.25) is 5.91 Å². The molecule has 0 aliphatic heterocycles.